The number of rotatable bonds is 6. The van der Waals surface area contributed by atoms with Gasteiger partial charge < -0.3 is 14.6 Å². The Kier molecular flexibility index (Phi) is 5.55. The molecule has 0 radical (unpaired) electrons. The third kappa shape index (κ3) is 5.45. The van der Waals surface area contributed by atoms with Crippen LogP contribution in [0, 0.1) is 12.3 Å². The first kappa shape index (κ1) is 21.1. The second-order valence-electron chi connectivity index (χ2n) is 8.23. The molecule has 1 N–H and O–H groups in total. The number of hydrogen-bond donors (Lipinski definition) is 1. The average molecular weight is 412 g/mol. The van der Waals surface area contributed by atoms with E-state index in [0.29, 0.717) is 17.3 Å². The van der Waals surface area contributed by atoms with Crippen LogP contribution in [0.1, 0.15) is 73.3 Å². The molecule has 158 valence electrons. The molecule has 1 aliphatic rings. The summed E-state index contributed by atoms with van der Waals surface area (Å²) in [6, 6.07) is 0.674. The van der Waals surface area contributed by atoms with E-state index in [1.54, 1.807) is 6.92 Å². The van der Waals surface area contributed by atoms with Crippen LogP contribution in [-0.4, -0.2) is 33.8 Å². The summed E-state index contributed by atoms with van der Waals surface area (Å²) in [5.41, 5.74) is 0.100. The van der Waals surface area contributed by atoms with Crippen LogP contribution >= 0.6 is 0 Å². The molecule has 0 bridgehead atoms. The minimum Gasteiger partial charge on any atom is -0.484 e. The quantitative estimate of drug-likeness (QED) is 0.768. The van der Waals surface area contributed by atoms with Crippen LogP contribution < -0.4 is 10.1 Å². The lowest BCUT2D eigenvalue weighted by Gasteiger charge is -2.28. The lowest BCUT2D eigenvalue weighted by atomic mass is 9.86. The van der Waals surface area contributed by atoms with Crippen molar-refractivity contribution in [1.82, 2.24) is 20.4 Å². The van der Waals surface area contributed by atoms with Crippen molar-refractivity contribution in [3.63, 3.8) is 0 Å². The maximum atomic E-state index is 12.8. The van der Waals surface area contributed by atoms with Gasteiger partial charge in [0.25, 0.3) is 5.91 Å². The molecule has 10 heteroatoms. The van der Waals surface area contributed by atoms with E-state index in [2.05, 4.69) is 20.4 Å². The van der Waals surface area contributed by atoms with E-state index in [4.69, 9.17) is 9.26 Å². The van der Waals surface area contributed by atoms with E-state index < -0.39 is 30.1 Å². The molecule has 3 rings (SSSR count). The number of aryl methyl sites for hydroxylation is 1. The molecule has 0 aliphatic heterocycles. The van der Waals surface area contributed by atoms with Crippen molar-refractivity contribution in [2.75, 3.05) is 6.61 Å². The molecular weight excluding hydrogens is 389 g/mol. The molecule has 7 nitrogen and oxygen atoms in total. The standard InChI is InChI=1S/C19H23F3N4O3/c1-10-24-16(26-29-10)15(18(2,3)4)25-17(27)13-7-14(28-9-19(20,21)22)12(8-23-13)11-5-6-11/h7-8,11,15H,5-6,9H2,1-4H3,(H,25,27)/t15-/m0/s1. The van der Waals surface area contributed by atoms with E-state index in [1.165, 1.54) is 12.3 Å². The summed E-state index contributed by atoms with van der Waals surface area (Å²) in [4.78, 5) is 21.1. The first-order valence-electron chi connectivity index (χ1n) is 9.24. The van der Waals surface area contributed by atoms with Crippen LogP contribution in [0.2, 0.25) is 0 Å². The minimum absolute atomic E-state index is 0.0349. The number of aromatic nitrogens is 3. The normalized spacial score (nSPS) is 15.8. The Morgan fingerprint density at radius 2 is 2.03 bits per heavy atom. The van der Waals surface area contributed by atoms with Gasteiger partial charge >= 0.3 is 6.18 Å². The van der Waals surface area contributed by atoms with Gasteiger partial charge in [-0.25, -0.2) is 0 Å². The van der Waals surface area contributed by atoms with Gasteiger partial charge in [-0.1, -0.05) is 25.9 Å². The molecule has 1 atom stereocenters. The van der Waals surface area contributed by atoms with Crippen LogP contribution in [0.15, 0.2) is 16.8 Å². The number of carbonyl (C=O) groups excluding carboxylic acids is 1. The highest BCUT2D eigenvalue weighted by atomic mass is 19.4. The van der Waals surface area contributed by atoms with Gasteiger partial charge in [0, 0.05) is 24.8 Å². The molecule has 0 spiro atoms. The van der Waals surface area contributed by atoms with Crippen molar-refractivity contribution in [2.45, 2.75) is 58.7 Å². The molecular formula is C19H23F3N4O3. The predicted molar refractivity (Wildman–Crippen MR) is 96.5 cm³/mol. The first-order chi connectivity index (χ1) is 13.4. The molecule has 0 saturated heterocycles. The van der Waals surface area contributed by atoms with Crippen LogP contribution in [-0.2, 0) is 0 Å². The van der Waals surface area contributed by atoms with Crippen LogP contribution in [0.4, 0.5) is 13.2 Å². The fraction of sp³-hybridized carbons (Fsp3) is 0.579. The summed E-state index contributed by atoms with van der Waals surface area (Å²) in [7, 11) is 0. The van der Waals surface area contributed by atoms with Gasteiger partial charge in [0.2, 0.25) is 5.89 Å². The fourth-order valence-corrected chi connectivity index (χ4v) is 2.86. The number of alkyl halides is 3. The zero-order valence-electron chi connectivity index (χ0n) is 16.6. The Hall–Kier alpha value is -2.65. The second-order valence-corrected chi connectivity index (χ2v) is 8.23. The third-order valence-corrected chi connectivity index (χ3v) is 4.48. The summed E-state index contributed by atoms with van der Waals surface area (Å²) in [6.07, 6.45) is -1.33. The van der Waals surface area contributed by atoms with Gasteiger partial charge in [-0.2, -0.15) is 18.2 Å². The van der Waals surface area contributed by atoms with Crippen molar-refractivity contribution in [3.05, 3.63) is 35.2 Å². The van der Waals surface area contributed by atoms with E-state index in [-0.39, 0.29) is 17.4 Å². The zero-order valence-corrected chi connectivity index (χ0v) is 16.6. The molecule has 0 aromatic carbocycles. The van der Waals surface area contributed by atoms with E-state index in [0.717, 1.165) is 12.8 Å². The molecule has 0 unspecified atom stereocenters. The molecule has 2 aromatic heterocycles. The monoisotopic (exact) mass is 412 g/mol. The van der Waals surface area contributed by atoms with Crippen molar-refractivity contribution >= 4 is 5.91 Å². The smallest absolute Gasteiger partial charge is 0.422 e. The summed E-state index contributed by atoms with van der Waals surface area (Å²) < 4.78 is 47.8. The Balaban J connectivity index is 1.83. The van der Waals surface area contributed by atoms with Gasteiger partial charge in [-0.3, -0.25) is 9.78 Å². The van der Waals surface area contributed by atoms with Crippen molar-refractivity contribution in [1.29, 1.82) is 0 Å². The largest absolute Gasteiger partial charge is 0.484 e. The lowest BCUT2D eigenvalue weighted by molar-refractivity contribution is -0.153. The molecule has 1 amide bonds. The number of pyridine rings is 1. The first-order valence-corrected chi connectivity index (χ1v) is 9.24. The molecule has 1 saturated carbocycles. The zero-order chi connectivity index (χ0) is 21.4. The van der Waals surface area contributed by atoms with Gasteiger partial charge in [0.05, 0.1) is 6.04 Å². The van der Waals surface area contributed by atoms with Crippen LogP contribution in [0.25, 0.3) is 0 Å². The molecule has 29 heavy (non-hydrogen) atoms. The Morgan fingerprint density at radius 1 is 1.34 bits per heavy atom. The van der Waals surface area contributed by atoms with Gasteiger partial charge in [0.1, 0.15) is 11.4 Å². The Morgan fingerprint density at radius 3 is 2.55 bits per heavy atom. The second kappa shape index (κ2) is 7.64. The van der Waals surface area contributed by atoms with Gasteiger partial charge in [0.15, 0.2) is 12.4 Å². The minimum atomic E-state index is -4.47. The Bertz CT molecular complexity index is 886. The number of halogens is 3. The highest BCUT2D eigenvalue weighted by molar-refractivity contribution is 5.93. The number of nitrogens with zero attached hydrogens (tertiary/aromatic N) is 3. The molecule has 2 aromatic rings. The average Bonchev–Trinajstić information content (AvgIpc) is 3.37. The third-order valence-electron chi connectivity index (χ3n) is 4.48. The van der Waals surface area contributed by atoms with Gasteiger partial charge in [-0.15, -0.1) is 0 Å². The number of hydrogen-bond acceptors (Lipinski definition) is 6. The summed E-state index contributed by atoms with van der Waals surface area (Å²) in [5, 5.41) is 6.68. The predicted octanol–water partition coefficient (Wildman–Crippen LogP) is 4.11. The summed E-state index contributed by atoms with van der Waals surface area (Å²) in [6.45, 7) is 5.90. The SMILES string of the molecule is Cc1nc([C@H](NC(=O)c2cc(OCC(F)(F)F)c(C3CC3)cn2)C(C)(C)C)no1. The topological polar surface area (TPSA) is 90.1 Å². The highest BCUT2D eigenvalue weighted by Gasteiger charge is 2.34. The maximum absolute atomic E-state index is 12.8. The number of carbonyl (C=O) groups is 1. The Labute approximate surface area is 166 Å². The number of amides is 1. The van der Waals surface area contributed by atoms with Gasteiger partial charge in [-0.05, 0) is 24.2 Å². The van der Waals surface area contributed by atoms with E-state index >= 15 is 0 Å². The van der Waals surface area contributed by atoms with Crippen LogP contribution in [0.5, 0.6) is 5.75 Å². The highest BCUT2D eigenvalue weighted by Crippen LogP contribution is 2.44. The lowest BCUT2D eigenvalue weighted by Crippen LogP contribution is -2.37. The number of nitrogens with one attached hydrogen (secondary N) is 1. The van der Waals surface area contributed by atoms with Crippen LogP contribution in [0.3, 0.4) is 0 Å². The van der Waals surface area contributed by atoms with Crippen molar-refractivity contribution in [2.24, 2.45) is 5.41 Å². The number of ether oxygens (including phenoxy) is 1. The van der Waals surface area contributed by atoms with Crippen molar-refractivity contribution < 1.29 is 27.2 Å². The summed E-state index contributed by atoms with van der Waals surface area (Å²) >= 11 is 0. The molecule has 2 heterocycles. The van der Waals surface area contributed by atoms with E-state index in [9.17, 15) is 18.0 Å². The summed E-state index contributed by atoms with van der Waals surface area (Å²) in [5.74, 6) is 0.261. The molecule has 1 aliphatic carbocycles. The van der Waals surface area contributed by atoms with E-state index in [1.807, 2.05) is 20.8 Å². The fourth-order valence-electron chi connectivity index (χ4n) is 2.86. The molecule has 1 fully saturated rings. The maximum Gasteiger partial charge on any atom is 0.422 e. The van der Waals surface area contributed by atoms with Crippen molar-refractivity contribution in [3.8, 4) is 5.75 Å².